The molecule has 1 aromatic carbocycles. The summed E-state index contributed by atoms with van der Waals surface area (Å²) in [5.41, 5.74) is 0. The first-order valence-electron chi connectivity index (χ1n) is 6.80. The van der Waals surface area contributed by atoms with Gasteiger partial charge in [-0.2, -0.15) is 0 Å². The molecule has 2 aliphatic rings. The molecular formula is C16H17NO3. The quantitative estimate of drug-likeness (QED) is 0.792. The molecule has 4 heteroatoms. The van der Waals surface area contributed by atoms with Gasteiger partial charge in [0.05, 0.1) is 6.04 Å². The van der Waals surface area contributed by atoms with Crippen LogP contribution in [0.3, 0.4) is 0 Å². The van der Waals surface area contributed by atoms with Crippen molar-refractivity contribution in [3.05, 3.63) is 48.9 Å². The van der Waals surface area contributed by atoms with E-state index in [2.05, 4.69) is 11.5 Å². The van der Waals surface area contributed by atoms with Gasteiger partial charge in [0, 0.05) is 25.9 Å². The van der Waals surface area contributed by atoms with E-state index in [-0.39, 0.29) is 6.04 Å². The highest BCUT2D eigenvalue weighted by Gasteiger charge is 2.28. The minimum Gasteiger partial charge on any atom is -0.457 e. The summed E-state index contributed by atoms with van der Waals surface area (Å²) >= 11 is 0. The third-order valence-electron chi connectivity index (χ3n) is 3.64. The number of fused-ring (bicyclic) bond motifs is 1. The zero-order chi connectivity index (χ0) is 13.9. The van der Waals surface area contributed by atoms with Crippen molar-refractivity contribution in [1.29, 1.82) is 0 Å². The zero-order valence-corrected chi connectivity index (χ0v) is 11.2. The van der Waals surface area contributed by atoms with E-state index in [0.717, 1.165) is 13.1 Å². The predicted octanol–water partition coefficient (Wildman–Crippen LogP) is 2.52. The van der Waals surface area contributed by atoms with Crippen LogP contribution in [0.2, 0.25) is 0 Å². The number of ketones is 1. The van der Waals surface area contributed by atoms with E-state index in [0.29, 0.717) is 35.9 Å². The standard InChI is InChI=1S/C16H17NO3/c1-2-13(17-9-7-12(18)8-10-17)16-11-19-14-5-3-4-6-15(14)20-16/h2-6,11,13H,1,7-10H2. The summed E-state index contributed by atoms with van der Waals surface area (Å²) in [6, 6.07) is 7.50. The summed E-state index contributed by atoms with van der Waals surface area (Å²) in [6.07, 6.45) is 4.65. The van der Waals surface area contributed by atoms with Crippen molar-refractivity contribution in [1.82, 2.24) is 4.90 Å². The molecule has 0 amide bonds. The Labute approximate surface area is 118 Å². The van der Waals surface area contributed by atoms with Crippen LogP contribution in [-0.4, -0.2) is 29.8 Å². The second-order valence-corrected chi connectivity index (χ2v) is 4.94. The van der Waals surface area contributed by atoms with Gasteiger partial charge in [-0.15, -0.1) is 6.58 Å². The SMILES string of the molecule is C=CC(C1=COc2ccccc2O1)N1CCC(=O)CC1. The average molecular weight is 271 g/mol. The lowest BCUT2D eigenvalue weighted by atomic mass is 10.1. The third-order valence-corrected chi connectivity index (χ3v) is 3.64. The van der Waals surface area contributed by atoms with E-state index >= 15 is 0 Å². The molecule has 0 aliphatic carbocycles. The molecular weight excluding hydrogens is 254 g/mol. The first kappa shape index (κ1) is 12.9. The number of para-hydroxylation sites is 2. The number of rotatable bonds is 3. The Balaban J connectivity index is 1.76. The molecule has 104 valence electrons. The van der Waals surface area contributed by atoms with Gasteiger partial charge in [-0.3, -0.25) is 9.69 Å². The van der Waals surface area contributed by atoms with Gasteiger partial charge >= 0.3 is 0 Å². The third kappa shape index (κ3) is 2.47. The number of likely N-dealkylation sites (tertiary alicyclic amines) is 1. The van der Waals surface area contributed by atoms with Crippen LogP contribution in [0.25, 0.3) is 0 Å². The minimum atomic E-state index is -0.0588. The first-order chi connectivity index (χ1) is 9.78. The van der Waals surface area contributed by atoms with Crippen LogP contribution >= 0.6 is 0 Å². The molecule has 0 N–H and O–H groups in total. The fourth-order valence-electron chi connectivity index (χ4n) is 2.53. The molecule has 1 fully saturated rings. The predicted molar refractivity (Wildman–Crippen MR) is 75.6 cm³/mol. The molecule has 0 bridgehead atoms. The van der Waals surface area contributed by atoms with E-state index in [1.54, 1.807) is 6.26 Å². The maximum atomic E-state index is 11.3. The zero-order valence-electron chi connectivity index (χ0n) is 11.2. The van der Waals surface area contributed by atoms with E-state index < -0.39 is 0 Å². The van der Waals surface area contributed by atoms with Crippen molar-refractivity contribution in [2.75, 3.05) is 13.1 Å². The number of ether oxygens (including phenoxy) is 2. The maximum Gasteiger partial charge on any atom is 0.169 e. The van der Waals surface area contributed by atoms with E-state index in [4.69, 9.17) is 9.47 Å². The first-order valence-corrected chi connectivity index (χ1v) is 6.80. The Bertz CT molecular complexity index is 555. The molecule has 1 atom stereocenters. The van der Waals surface area contributed by atoms with Crippen molar-refractivity contribution in [2.24, 2.45) is 0 Å². The molecule has 4 nitrogen and oxygen atoms in total. The Morgan fingerprint density at radius 1 is 1.20 bits per heavy atom. The van der Waals surface area contributed by atoms with E-state index in [9.17, 15) is 4.79 Å². The van der Waals surface area contributed by atoms with E-state index in [1.807, 2.05) is 30.3 Å². The summed E-state index contributed by atoms with van der Waals surface area (Å²) in [6.45, 7) is 5.35. The highest BCUT2D eigenvalue weighted by Crippen LogP contribution is 2.33. The molecule has 2 aliphatic heterocycles. The smallest absolute Gasteiger partial charge is 0.169 e. The van der Waals surface area contributed by atoms with Crippen molar-refractivity contribution in [2.45, 2.75) is 18.9 Å². The molecule has 1 unspecified atom stereocenters. The largest absolute Gasteiger partial charge is 0.457 e. The number of hydrogen-bond donors (Lipinski definition) is 0. The number of Topliss-reactive ketones (excluding diaryl/α,β-unsaturated/α-hetero) is 1. The number of piperidine rings is 1. The normalized spacial score (nSPS) is 20.2. The number of hydrogen-bond acceptors (Lipinski definition) is 4. The van der Waals surface area contributed by atoms with Gasteiger partial charge in [0.2, 0.25) is 0 Å². The van der Waals surface area contributed by atoms with Crippen molar-refractivity contribution >= 4 is 5.78 Å². The lowest BCUT2D eigenvalue weighted by Crippen LogP contribution is -2.43. The molecule has 0 spiro atoms. The van der Waals surface area contributed by atoms with Crippen LogP contribution < -0.4 is 9.47 Å². The van der Waals surface area contributed by atoms with Gasteiger partial charge in [-0.1, -0.05) is 18.2 Å². The Hall–Kier alpha value is -2.07. The fraction of sp³-hybridized carbons (Fsp3) is 0.312. The summed E-state index contributed by atoms with van der Waals surface area (Å²) in [4.78, 5) is 13.5. The average Bonchev–Trinajstić information content (AvgIpc) is 2.50. The molecule has 3 rings (SSSR count). The van der Waals surface area contributed by atoms with Gasteiger partial charge in [0.15, 0.2) is 17.3 Å². The molecule has 20 heavy (non-hydrogen) atoms. The van der Waals surface area contributed by atoms with Gasteiger partial charge < -0.3 is 9.47 Å². The van der Waals surface area contributed by atoms with Gasteiger partial charge in [-0.25, -0.2) is 0 Å². The summed E-state index contributed by atoms with van der Waals surface area (Å²) in [5.74, 6) is 2.47. The topological polar surface area (TPSA) is 38.8 Å². The summed E-state index contributed by atoms with van der Waals surface area (Å²) < 4.78 is 11.5. The Morgan fingerprint density at radius 2 is 1.90 bits per heavy atom. The summed E-state index contributed by atoms with van der Waals surface area (Å²) in [5, 5.41) is 0. The fourth-order valence-corrected chi connectivity index (χ4v) is 2.53. The van der Waals surface area contributed by atoms with Gasteiger partial charge in [0.1, 0.15) is 12.0 Å². The van der Waals surface area contributed by atoms with Crippen molar-refractivity contribution in [3.8, 4) is 11.5 Å². The van der Waals surface area contributed by atoms with Crippen LogP contribution in [-0.2, 0) is 4.79 Å². The maximum absolute atomic E-state index is 11.3. The molecule has 1 saturated heterocycles. The van der Waals surface area contributed by atoms with Gasteiger partial charge in [0.25, 0.3) is 0 Å². The highest BCUT2D eigenvalue weighted by molar-refractivity contribution is 5.79. The number of nitrogens with zero attached hydrogens (tertiary/aromatic N) is 1. The van der Waals surface area contributed by atoms with Crippen LogP contribution in [0, 0.1) is 0 Å². The van der Waals surface area contributed by atoms with Crippen LogP contribution in [0.4, 0.5) is 0 Å². The number of benzene rings is 1. The lowest BCUT2D eigenvalue weighted by Gasteiger charge is -2.34. The number of carbonyl (C=O) groups excluding carboxylic acids is 1. The minimum absolute atomic E-state index is 0.0588. The second-order valence-electron chi connectivity index (χ2n) is 4.94. The molecule has 1 aromatic rings. The molecule has 2 heterocycles. The van der Waals surface area contributed by atoms with Crippen molar-refractivity contribution in [3.63, 3.8) is 0 Å². The summed E-state index contributed by atoms with van der Waals surface area (Å²) in [7, 11) is 0. The van der Waals surface area contributed by atoms with Crippen LogP contribution in [0.15, 0.2) is 48.9 Å². The Kier molecular flexibility index (Phi) is 3.56. The molecule has 0 radical (unpaired) electrons. The molecule has 0 aromatic heterocycles. The molecule has 0 saturated carbocycles. The number of carbonyl (C=O) groups is 1. The second kappa shape index (κ2) is 5.51. The monoisotopic (exact) mass is 271 g/mol. The van der Waals surface area contributed by atoms with Crippen LogP contribution in [0.1, 0.15) is 12.8 Å². The van der Waals surface area contributed by atoms with Crippen molar-refractivity contribution < 1.29 is 14.3 Å². The lowest BCUT2D eigenvalue weighted by molar-refractivity contribution is -0.121. The van der Waals surface area contributed by atoms with Gasteiger partial charge in [-0.05, 0) is 12.1 Å². The van der Waals surface area contributed by atoms with E-state index in [1.165, 1.54) is 0 Å². The van der Waals surface area contributed by atoms with Crippen LogP contribution in [0.5, 0.6) is 11.5 Å². The Morgan fingerprint density at radius 3 is 2.60 bits per heavy atom. The highest BCUT2D eigenvalue weighted by atomic mass is 16.6.